The van der Waals surface area contributed by atoms with Crippen molar-refractivity contribution in [3.63, 3.8) is 0 Å². The summed E-state index contributed by atoms with van der Waals surface area (Å²) in [5.41, 5.74) is 0.654. The number of alkyl halides is 1. The number of hydrogen-bond donors (Lipinski definition) is 0. The van der Waals surface area contributed by atoms with Crippen LogP contribution in [0.2, 0.25) is 0 Å². The van der Waals surface area contributed by atoms with E-state index in [2.05, 4.69) is 4.98 Å². The maximum absolute atomic E-state index is 13.8. The highest BCUT2D eigenvalue weighted by Crippen LogP contribution is 2.28. The number of aryl methyl sites for hydroxylation is 1. The van der Waals surface area contributed by atoms with Crippen LogP contribution in [0.1, 0.15) is 18.7 Å². The number of benzene rings is 1. The molecule has 3 rings (SSSR count). The van der Waals surface area contributed by atoms with E-state index in [-0.39, 0.29) is 5.52 Å². The first-order chi connectivity index (χ1) is 10.2. The van der Waals surface area contributed by atoms with Crippen LogP contribution in [0.3, 0.4) is 0 Å². The van der Waals surface area contributed by atoms with E-state index < -0.39 is 11.6 Å². The Hall–Kier alpha value is -1.20. The standard InChI is InChI=1S/C15H17ClF2N2O/c16-4-3-14-19-15-12(18)7-11(17)8-13(15)20(14)5-6-21-9-10-1-2-10/h7-8,10H,1-6,9H2. The predicted octanol–water partition coefficient (Wildman–Crippen LogP) is 3.52. The number of nitrogens with zero attached hydrogens (tertiary/aromatic N) is 2. The van der Waals surface area contributed by atoms with Crippen molar-refractivity contribution in [3.8, 4) is 0 Å². The third-order valence-electron chi connectivity index (χ3n) is 3.68. The van der Waals surface area contributed by atoms with Crippen molar-refractivity contribution in [1.29, 1.82) is 0 Å². The van der Waals surface area contributed by atoms with Gasteiger partial charge in [-0.2, -0.15) is 0 Å². The molecule has 0 amide bonds. The van der Waals surface area contributed by atoms with Gasteiger partial charge in [-0.15, -0.1) is 11.6 Å². The lowest BCUT2D eigenvalue weighted by atomic mass is 10.3. The molecule has 21 heavy (non-hydrogen) atoms. The summed E-state index contributed by atoms with van der Waals surface area (Å²) in [6.07, 6.45) is 2.99. The lowest BCUT2D eigenvalue weighted by molar-refractivity contribution is 0.117. The minimum atomic E-state index is -0.640. The SMILES string of the molecule is Fc1cc(F)c2nc(CCCl)n(CCOCC3CC3)c2c1. The zero-order valence-electron chi connectivity index (χ0n) is 11.6. The molecule has 0 unspecified atom stereocenters. The van der Waals surface area contributed by atoms with Crippen LogP contribution >= 0.6 is 11.6 Å². The molecule has 1 aliphatic carbocycles. The first-order valence-corrected chi connectivity index (χ1v) is 7.70. The summed E-state index contributed by atoms with van der Waals surface area (Å²) in [6, 6.07) is 2.16. The molecule has 1 aromatic heterocycles. The maximum atomic E-state index is 13.8. The van der Waals surface area contributed by atoms with Crippen molar-refractivity contribution in [1.82, 2.24) is 9.55 Å². The topological polar surface area (TPSA) is 27.1 Å². The van der Waals surface area contributed by atoms with E-state index in [1.54, 1.807) is 4.57 Å². The van der Waals surface area contributed by atoms with Crippen molar-refractivity contribution in [2.45, 2.75) is 25.8 Å². The lowest BCUT2D eigenvalue weighted by Gasteiger charge is -2.09. The summed E-state index contributed by atoms with van der Waals surface area (Å²) in [4.78, 5) is 4.25. The van der Waals surface area contributed by atoms with Gasteiger partial charge in [0.15, 0.2) is 5.82 Å². The van der Waals surface area contributed by atoms with E-state index in [1.165, 1.54) is 18.9 Å². The fraction of sp³-hybridized carbons (Fsp3) is 0.533. The van der Waals surface area contributed by atoms with Gasteiger partial charge in [0, 0.05) is 31.5 Å². The summed E-state index contributed by atoms with van der Waals surface area (Å²) in [7, 11) is 0. The van der Waals surface area contributed by atoms with E-state index in [4.69, 9.17) is 16.3 Å². The van der Waals surface area contributed by atoms with Gasteiger partial charge in [0.1, 0.15) is 17.2 Å². The predicted molar refractivity (Wildman–Crippen MR) is 77.6 cm³/mol. The second kappa shape index (κ2) is 6.28. The molecule has 1 aromatic carbocycles. The van der Waals surface area contributed by atoms with Crippen LogP contribution in [0, 0.1) is 17.6 Å². The molecule has 1 aliphatic rings. The number of hydrogen-bond acceptors (Lipinski definition) is 2. The molecule has 0 radical (unpaired) electrons. The number of fused-ring (bicyclic) bond motifs is 1. The van der Waals surface area contributed by atoms with Crippen molar-refractivity contribution in [2.75, 3.05) is 19.1 Å². The molecule has 0 atom stereocenters. The molecular formula is C15H17ClF2N2O. The molecule has 1 saturated carbocycles. The van der Waals surface area contributed by atoms with E-state index in [0.29, 0.717) is 42.7 Å². The molecule has 6 heteroatoms. The number of rotatable bonds is 7. The number of ether oxygens (including phenoxy) is 1. The van der Waals surface area contributed by atoms with Crippen LogP contribution in [0.25, 0.3) is 11.0 Å². The zero-order valence-corrected chi connectivity index (χ0v) is 12.4. The minimum absolute atomic E-state index is 0.193. The number of aromatic nitrogens is 2. The van der Waals surface area contributed by atoms with Crippen LogP contribution < -0.4 is 0 Å². The second-order valence-electron chi connectivity index (χ2n) is 5.39. The molecule has 0 saturated heterocycles. The summed E-state index contributed by atoms with van der Waals surface area (Å²) >= 11 is 5.77. The molecule has 1 fully saturated rings. The molecule has 3 nitrogen and oxygen atoms in total. The Morgan fingerprint density at radius 2 is 2.14 bits per heavy atom. The zero-order chi connectivity index (χ0) is 14.8. The van der Waals surface area contributed by atoms with Crippen molar-refractivity contribution in [3.05, 3.63) is 29.6 Å². The van der Waals surface area contributed by atoms with Gasteiger partial charge >= 0.3 is 0 Å². The normalized spacial score (nSPS) is 15.0. The van der Waals surface area contributed by atoms with Gasteiger partial charge in [-0.1, -0.05) is 0 Å². The van der Waals surface area contributed by atoms with Gasteiger partial charge in [-0.25, -0.2) is 13.8 Å². The molecule has 0 aliphatic heterocycles. The van der Waals surface area contributed by atoms with Crippen LogP contribution in [-0.4, -0.2) is 28.6 Å². The number of imidazole rings is 1. The van der Waals surface area contributed by atoms with Gasteiger partial charge in [-0.3, -0.25) is 0 Å². The van der Waals surface area contributed by atoms with Crippen LogP contribution in [0.15, 0.2) is 12.1 Å². The Morgan fingerprint density at radius 1 is 1.33 bits per heavy atom. The Labute approximate surface area is 126 Å². The first kappa shape index (κ1) is 14.7. The second-order valence-corrected chi connectivity index (χ2v) is 5.77. The van der Waals surface area contributed by atoms with E-state index in [9.17, 15) is 8.78 Å². The third-order valence-corrected chi connectivity index (χ3v) is 3.87. The molecular weight excluding hydrogens is 298 g/mol. The molecule has 0 bridgehead atoms. The Balaban J connectivity index is 1.83. The molecule has 114 valence electrons. The Bertz CT molecular complexity index is 640. The van der Waals surface area contributed by atoms with Crippen molar-refractivity contribution >= 4 is 22.6 Å². The van der Waals surface area contributed by atoms with Crippen LogP contribution in [0.4, 0.5) is 8.78 Å². The van der Waals surface area contributed by atoms with Crippen LogP contribution in [0.5, 0.6) is 0 Å². The Morgan fingerprint density at radius 3 is 2.86 bits per heavy atom. The summed E-state index contributed by atoms with van der Waals surface area (Å²) in [6.45, 7) is 1.80. The lowest BCUT2D eigenvalue weighted by Crippen LogP contribution is -2.11. The fourth-order valence-corrected chi connectivity index (χ4v) is 2.58. The molecule has 0 N–H and O–H groups in total. The quantitative estimate of drug-likeness (QED) is 0.577. The summed E-state index contributed by atoms with van der Waals surface area (Å²) in [5.74, 6) is 0.508. The summed E-state index contributed by atoms with van der Waals surface area (Å²) < 4.78 is 34.6. The first-order valence-electron chi connectivity index (χ1n) is 7.17. The van der Waals surface area contributed by atoms with Gasteiger partial charge in [-0.05, 0) is 24.8 Å². The number of halogens is 3. The smallest absolute Gasteiger partial charge is 0.153 e. The average molecular weight is 315 g/mol. The van der Waals surface area contributed by atoms with E-state index >= 15 is 0 Å². The van der Waals surface area contributed by atoms with Gasteiger partial charge in [0.05, 0.1) is 12.1 Å². The van der Waals surface area contributed by atoms with Gasteiger partial charge in [0.25, 0.3) is 0 Å². The maximum Gasteiger partial charge on any atom is 0.153 e. The molecule has 1 heterocycles. The highest BCUT2D eigenvalue weighted by atomic mass is 35.5. The van der Waals surface area contributed by atoms with Crippen molar-refractivity contribution in [2.24, 2.45) is 5.92 Å². The third kappa shape index (κ3) is 3.35. The molecule has 0 spiro atoms. The fourth-order valence-electron chi connectivity index (χ4n) is 2.41. The monoisotopic (exact) mass is 314 g/mol. The van der Waals surface area contributed by atoms with Gasteiger partial charge in [0.2, 0.25) is 0 Å². The highest BCUT2D eigenvalue weighted by molar-refractivity contribution is 6.17. The van der Waals surface area contributed by atoms with E-state index in [0.717, 1.165) is 12.7 Å². The average Bonchev–Trinajstić information content (AvgIpc) is 3.20. The molecule has 2 aromatic rings. The van der Waals surface area contributed by atoms with Gasteiger partial charge < -0.3 is 9.30 Å². The van der Waals surface area contributed by atoms with Crippen LogP contribution in [-0.2, 0) is 17.7 Å². The highest BCUT2D eigenvalue weighted by Gasteiger charge is 2.21. The Kier molecular flexibility index (Phi) is 4.40. The summed E-state index contributed by atoms with van der Waals surface area (Å²) in [5, 5.41) is 0. The van der Waals surface area contributed by atoms with E-state index in [1.807, 2.05) is 0 Å². The largest absolute Gasteiger partial charge is 0.379 e. The minimum Gasteiger partial charge on any atom is -0.379 e. The van der Waals surface area contributed by atoms with Crippen molar-refractivity contribution < 1.29 is 13.5 Å².